The summed E-state index contributed by atoms with van der Waals surface area (Å²) in [5, 5.41) is 3.35. The highest BCUT2D eigenvalue weighted by Crippen LogP contribution is 2.31. The minimum absolute atomic E-state index is 0.0449. The van der Waals surface area contributed by atoms with E-state index >= 15 is 0 Å². The van der Waals surface area contributed by atoms with Crippen molar-refractivity contribution in [1.29, 1.82) is 0 Å². The zero-order valence-corrected chi connectivity index (χ0v) is 26.6. The Labute approximate surface area is 254 Å². The van der Waals surface area contributed by atoms with Crippen LogP contribution in [-0.4, -0.2) is 50.9 Å². The smallest absolute Gasteiger partial charge is 0.264 e. The number of nitrogens with zero attached hydrogens (tertiary/aromatic N) is 2. The van der Waals surface area contributed by atoms with Gasteiger partial charge in [0.2, 0.25) is 11.8 Å². The van der Waals surface area contributed by atoms with E-state index in [0.717, 1.165) is 21.9 Å². The number of aryl methyl sites for hydroxylation is 1. The second-order valence-electron chi connectivity index (χ2n) is 10.3. The third-order valence-electron chi connectivity index (χ3n) is 7.29. The van der Waals surface area contributed by atoms with Crippen molar-refractivity contribution in [2.45, 2.75) is 71.0 Å². The van der Waals surface area contributed by atoms with E-state index in [2.05, 4.69) is 5.32 Å². The number of ether oxygens (including phenoxy) is 1. The van der Waals surface area contributed by atoms with Crippen LogP contribution in [0.3, 0.4) is 0 Å². The molecule has 0 bridgehead atoms. The first-order chi connectivity index (χ1) is 19.9. The largest absolute Gasteiger partial charge is 0.497 e. The molecule has 3 aromatic carbocycles. The molecule has 0 saturated heterocycles. The molecule has 0 heterocycles. The number of carbonyl (C=O) groups excluding carboxylic acids is 2. The second kappa shape index (κ2) is 14.6. The maximum Gasteiger partial charge on any atom is 0.264 e. The van der Waals surface area contributed by atoms with Crippen LogP contribution in [0.5, 0.6) is 5.75 Å². The fourth-order valence-corrected chi connectivity index (χ4v) is 6.15. The summed E-state index contributed by atoms with van der Waals surface area (Å²) in [6.07, 6.45) is 1.07. The first-order valence-corrected chi connectivity index (χ1v) is 15.8. The van der Waals surface area contributed by atoms with Gasteiger partial charge in [-0.25, -0.2) is 8.42 Å². The maximum atomic E-state index is 14.2. The molecular weight excluding hydrogens is 574 g/mol. The Morgan fingerprint density at radius 3 is 2.17 bits per heavy atom. The maximum absolute atomic E-state index is 14.2. The summed E-state index contributed by atoms with van der Waals surface area (Å²) >= 11 is 6.40. The minimum atomic E-state index is -4.19. The van der Waals surface area contributed by atoms with Crippen molar-refractivity contribution in [2.24, 2.45) is 0 Å². The van der Waals surface area contributed by atoms with E-state index in [4.69, 9.17) is 16.3 Å². The van der Waals surface area contributed by atoms with Gasteiger partial charge in [-0.2, -0.15) is 0 Å². The molecule has 0 aliphatic rings. The number of nitrogens with one attached hydrogen (secondary N) is 1. The van der Waals surface area contributed by atoms with Crippen molar-refractivity contribution in [1.82, 2.24) is 10.2 Å². The zero-order chi connectivity index (χ0) is 31.0. The quantitative estimate of drug-likeness (QED) is 0.260. The van der Waals surface area contributed by atoms with Gasteiger partial charge in [0.1, 0.15) is 18.3 Å². The first-order valence-electron chi connectivity index (χ1n) is 14.0. The molecule has 0 aliphatic carbocycles. The molecule has 0 spiro atoms. The Kier molecular flexibility index (Phi) is 11.4. The lowest BCUT2D eigenvalue weighted by Crippen LogP contribution is -2.53. The summed E-state index contributed by atoms with van der Waals surface area (Å²) in [7, 11) is -2.62. The van der Waals surface area contributed by atoms with E-state index in [0.29, 0.717) is 22.8 Å². The van der Waals surface area contributed by atoms with E-state index in [-0.39, 0.29) is 29.1 Å². The number of rotatable bonds is 13. The number of benzene rings is 3. The normalized spacial score (nSPS) is 12.7. The SMILES string of the molecule is CC[C@H](C)NC(=O)[C@H](CC)N(Cc1ccc(OC)cc1)C(=O)CN(c1cccc(Cl)c1C)S(=O)(=O)c1ccc(C)cc1. The molecule has 3 aromatic rings. The van der Waals surface area contributed by atoms with Crippen LogP contribution in [0.25, 0.3) is 0 Å². The number of sulfonamides is 1. The average molecular weight is 614 g/mol. The number of anilines is 1. The van der Waals surface area contributed by atoms with Gasteiger partial charge in [0.05, 0.1) is 17.7 Å². The highest BCUT2D eigenvalue weighted by Gasteiger charge is 2.34. The fourth-order valence-electron chi connectivity index (χ4n) is 4.51. The van der Waals surface area contributed by atoms with Crippen LogP contribution in [0.15, 0.2) is 71.6 Å². The zero-order valence-electron chi connectivity index (χ0n) is 25.1. The van der Waals surface area contributed by atoms with E-state index in [1.807, 2.05) is 39.8 Å². The summed E-state index contributed by atoms with van der Waals surface area (Å²) in [5.41, 5.74) is 2.48. The van der Waals surface area contributed by atoms with Gasteiger partial charge in [-0.05, 0) is 81.1 Å². The van der Waals surface area contributed by atoms with Crippen LogP contribution in [-0.2, 0) is 26.2 Å². The standard InChI is InChI=1S/C32H40ClN3O5S/c1-7-23(4)34-32(38)29(8-2)35(20-25-14-16-26(41-6)17-15-25)31(37)21-36(30-11-9-10-28(33)24(30)5)42(39,40)27-18-12-22(3)13-19-27/h9-19,23,29H,7-8,20-21H2,1-6H3,(H,34,38)/t23-,29-/m0/s1. The van der Waals surface area contributed by atoms with Gasteiger partial charge in [-0.3, -0.25) is 13.9 Å². The van der Waals surface area contributed by atoms with Crippen molar-refractivity contribution in [3.63, 3.8) is 0 Å². The molecule has 2 atom stereocenters. The molecule has 8 nitrogen and oxygen atoms in total. The average Bonchev–Trinajstić information content (AvgIpc) is 2.97. The summed E-state index contributed by atoms with van der Waals surface area (Å²) in [5.74, 6) is -0.155. The Bertz CT molecular complexity index is 1480. The van der Waals surface area contributed by atoms with Crippen molar-refractivity contribution in [3.8, 4) is 5.75 Å². The number of hydrogen-bond donors (Lipinski definition) is 1. The third kappa shape index (κ3) is 7.83. The summed E-state index contributed by atoms with van der Waals surface area (Å²) in [4.78, 5) is 29.1. The van der Waals surface area contributed by atoms with Crippen molar-refractivity contribution < 1.29 is 22.7 Å². The molecule has 0 unspecified atom stereocenters. The van der Waals surface area contributed by atoms with Crippen molar-refractivity contribution >= 4 is 39.1 Å². The van der Waals surface area contributed by atoms with Crippen LogP contribution in [0.2, 0.25) is 5.02 Å². The summed E-state index contributed by atoms with van der Waals surface area (Å²) in [6, 6.07) is 17.7. The van der Waals surface area contributed by atoms with E-state index in [9.17, 15) is 18.0 Å². The first kappa shape index (κ1) is 32.9. The van der Waals surface area contributed by atoms with Crippen molar-refractivity contribution in [2.75, 3.05) is 18.0 Å². The molecule has 10 heteroatoms. The molecule has 2 amide bonds. The van der Waals surface area contributed by atoms with Gasteiger partial charge in [0, 0.05) is 17.6 Å². The molecule has 1 N–H and O–H groups in total. The number of hydrogen-bond acceptors (Lipinski definition) is 5. The molecule has 0 saturated carbocycles. The molecule has 0 aliphatic heterocycles. The summed E-state index contributed by atoms with van der Waals surface area (Å²) < 4.78 is 34.5. The Morgan fingerprint density at radius 1 is 0.952 bits per heavy atom. The van der Waals surface area contributed by atoms with Crippen molar-refractivity contribution in [3.05, 3.63) is 88.4 Å². The third-order valence-corrected chi connectivity index (χ3v) is 9.48. The lowest BCUT2D eigenvalue weighted by molar-refractivity contribution is -0.140. The highest BCUT2D eigenvalue weighted by molar-refractivity contribution is 7.92. The molecule has 0 fully saturated rings. The number of amides is 2. The van der Waals surface area contributed by atoms with Crippen LogP contribution in [0.4, 0.5) is 5.69 Å². The molecule has 0 aromatic heterocycles. The van der Waals surface area contributed by atoms with Gasteiger partial charge >= 0.3 is 0 Å². The monoisotopic (exact) mass is 613 g/mol. The molecular formula is C32H40ClN3O5S. The highest BCUT2D eigenvalue weighted by atomic mass is 35.5. The Balaban J connectivity index is 2.09. The minimum Gasteiger partial charge on any atom is -0.497 e. The Hall–Kier alpha value is -3.56. The lowest BCUT2D eigenvalue weighted by atomic mass is 10.1. The summed E-state index contributed by atoms with van der Waals surface area (Å²) in [6.45, 7) is 8.85. The van der Waals surface area contributed by atoms with Crippen LogP contribution in [0.1, 0.15) is 50.3 Å². The van der Waals surface area contributed by atoms with Gasteiger partial charge in [0.25, 0.3) is 10.0 Å². The fraction of sp³-hybridized carbons (Fsp3) is 0.375. The molecule has 0 radical (unpaired) electrons. The van der Waals surface area contributed by atoms with Gasteiger partial charge < -0.3 is 15.0 Å². The number of carbonyl (C=O) groups is 2. The number of halogens is 1. The van der Waals surface area contributed by atoms with Crippen LogP contribution < -0.4 is 14.4 Å². The Morgan fingerprint density at radius 2 is 1.60 bits per heavy atom. The molecule has 226 valence electrons. The molecule has 3 rings (SSSR count). The van der Waals surface area contributed by atoms with E-state index in [1.165, 1.54) is 17.0 Å². The van der Waals surface area contributed by atoms with Crippen LogP contribution in [0, 0.1) is 13.8 Å². The molecule has 42 heavy (non-hydrogen) atoms. The topological polar surface area (TPSA) is 96.0 Å². The van der Waals surface area contributed by atoms with Crippen LogP contribution >= 0.6 is 11.6 Å². The van der Waals surface area contributed by atoms with E-state index in [1.54, 1.807) is 56.5 Å². The van der Waals surface area contributed by atoms with Gasteiger partial charge in [-0.15, -0.1) is 0 Å². The van der Waals surface area contributed by atoms with Gasteiger partial charge in [-0.1, -0.05) is 61.3 Å². The number of methoxy groups -OCH3 is 1. The second-order valence-corrected chi connectivity index (χ2v) is 12.6. The lowest BCUT2D eigenvalue weighted by Gasteiger charge is -2.34. The van der Waals surface area contributed by atoms with E-state index < -0.39 is 28.5 Å². The predicted octanol–water partition coefficient (Wildman–Crippen LogP) is 5.88. The van der Waals surface area contributed by atoms with Gasteiger partial charge in [0.15, 0.2) is 0 Å². The predicted molar refractivity (Wildman–Crippen MR) is 167 cm³/mol.